The topological polar surface area (TPSA) is 65.9 Å². The van der Waals surface area contributed by atoms with E-state index in [-0.39, 0.29) is 6.04 Å². The number of aliphatic imine (C=N–C) groups is 1. The maximum Gasteiger partial charge on any atom is 0.191 e. The highest BCUT2D eigenvalue weighted by molar-refractivity contribution is 5.80. The van der Waals surface area contributed by atoms with Gasteiger partial charge in [0, 0.05) is 20.1 Å². The Bertz CT molecular complexity index is 915. The van der Waals surface area contributed by atoms with E-state index in [1.807, 2.05) is 31.2 Å². The molecule has 1 atom stereocenters. The summed E-state index contributed by atoms with van der Waals surface area (Å²) < 4.78 is 11.2. The van der Waals surface area contributed by atoms with Crippen molar-refractivity contribution in [2.24, 2.45) is 4.99 Å². The molecule has 0 radical (unpaired) electrons. The summed E-state index contributed by atoms with van der Waals surface area (Å²) >= 11 is 0. The van der Waals surface area contributed by atoms with Crippen LogP contribution in [-0.4, -0.2) is 25.0 Å². The lowest BCUT2D eigenvalue weighted by molar-refractivity contribution is 0.287. The molecule has 2 heterocycles. The molecule has 2 aromatic heterocycles. The minimum atomic E-state index is 0.0320. The van der Waals surface area contributed by atoms with Crippen LogP contribution in [0.3, 0.4) is 0 Å². The lowest BCUT2D eigenvalue weighted by atomic mass is 10.1. The first kappa shape index (κ1) is 20.7. The number of nitrogens with zero attached hydrogens (tertiary/aromatic N) is 2. The van der Waals surface area contributed by atoms with Crippen LogP contribution in [0.2, 0.25) is 0 Å². The van der Waals surface area contributed by atoms with Gasteiger partial charge in [0.05, 0.1) is 18.8 Å². The first-order valence-corrected chi connectivity index (χ1v) is 9.86. The third-order valence-corrected chi connectivity index (χ3v) is 4.78. The maximum absolute atomic E-state index is 5.70. The zero-order valence-electron chi connectivity index (χ0n) is 17.6. The van der Waals surface area contributed by atoms with Crippen LogP contribution in [0.1, 0.15) is 41.4 Å². The van der Waals surface area contributed by atoms with Gasteiger partial charge in [0.15, 0.2) is 5.96 Å². The fourth-order valence-electron chi connectivity index (χ4n) is 3.24. The van der Waals surface area contributed by atoms with Crippen LogP contribution in [0.15, 0.2) is 68.6 Å². The minimum Gasteiger partial charge on any atom is -0.468 e. The Hall–Kier alpha value is -2.99. The summed E-state index contributed by atoms with van der Waals surface area (Å²) in [4.78, 5) is 6.59. The predicted octanol–water partition coefficient (Wildman–Crippen LogP) is 4.24. The normalized spacial score (nSPS) is 12.9. The van der Waals surface area contributed by atoms with E-state index in [1.54, 1.807) is 13.3 Å². The fraction of sp³-hybridized carbons (Fsp3) is 0.348. The smallest absolute Gasteiger partial charge is 0.191 e. The SMILES string of the molecule is CN=C(NCc1ccccc1CN(C)Cc1ccco1)NC(C)c1ccc(C)o1. The van der Waals surface area contributed by atoms with E-state index in [9.17, 15) is 0 Å². The molecule has 3 rings (SSSR count). The molecule has 6 heteroatoms. The standard InChI is InChI=1S/C23H30N4O2/c1-17-11-12-22(29-17)18(2)26-23(24-3)25-14-19-8-5-6-9-20(19)15-27(4)16-21-10-7-13-28-21/h5-13,18H,14-16H2,1-4H3,(H2,24,25,26). The number of aryl methyl sites for hydroxylation is 1. The summed E-state index contributed by atoms with van der Waals surface area (Å²) in [6.07, 6.45) is 1.71. The monoisotopic (exact) mass is 394 g/mol. The van der Waals surface area contributed by atoms with E-state index in [0.29, 0.717) is 6.54 Å². The lowest BCUT2D eigenvalue weighted by Crippen LogP contribution is -2.38. The van der Waals surface area contributed by atoms with Crippen molar-refractivity contribution in [1.82, 2.24) is 15.5 Å². The molecule has 0 spiro atoms. The van der Waals surface area contributed by atoms with Gasteiger partial charge in [-0.15, -0.1) is 0 Å². The molecule has 0 aliphatic rings. The fourth-order valence-corrected chi connectivity index (χ4v) is 3.24. The van der Waals surface area contributed by atoms with E-state index in [4.69, 9.17) is 8.83 Å². The van der Waals surface area contributed by atoms with E-state index < -0.39 is 0 Å². The highest BCUT2D eigenvalue weighted by Gasteiger charge is 2.12. The molecule has 29 heavy (non-hydrogen) atoms. The molecule has 1 unspecified atom stereocenters. The Morgan fingerprint density at radius 2 is 1.86 bits per heavy atom. The van der Waals surface area contributed by atoms with Gasteiger partial charge in [0.2, 0.25) is 0 Å². The van der Waals surface area contributed by atoms with Crippen LogP contribution in [0.5, 0.6) is 0 Å². The average Bonchev–Trinajstić information content (AvgIpc) is 3.37. The Balaban J connectivity index is 1.58. The number of furan rings is 2. The van der Waals surface area contributed by atoms with Crippen LogP contribution in [-0.2, 0) is 19.6 Å². The summed E-state index contributed by atoms with van der Waals surface area (Å²) in [7, 11) is 3.87. The van der Waals surface area contributed by atoms with Gasteiger partial charge < -0.3 is 19.5 Å². The average molecular weight is 395 g/mol. The first-order chi connectivity index (χ1) is 14.0. The van der Waals surface area contributed by atoms with Crippen molar-refractivity contribution in [3.8, 4) is 0 Å². The Morgan fingerprint density at radius 3 is 2.52 bits per heavy atom. The maximum atomic E-state index is 5.70. The van der Waals surface area contributed by atoms with Crippen molar-refractivity contribution >= 4 is 5.96 Å². The largest absolute Gasteiger partial charge is 0.468 e. The van der Waals surface area contributed by atoms with Gasteiger partial charge in [-0.05, 0) is 56.3 Å². The quantitative estimate of drug-likeness (QED) is 0.442. The van der Waals surface area contributed by atoms with Gasteiger partial charge in [-0.1, -0.05) is 24.3 Å². The van der Waals surface area contributed by atoms with Gasteiger partial charge in [-0.3, -0.25) is 9.89 Å². The zero-order valence-corrected chi connectivity index (χ0v) is 17.6. The van der Waals surface area contributed by atoms with Crippen molar-refractivity contribution in [2.45, 2.75) is 39.5 Å². The third kappa shape index (κ3) is 5.99. The van der Waals surface area contributed by atoms with Gasteiger partial charge >= 0.3 is 0 Å². The van der Waals surface area contributed by atoms with Crippen molar-refractivity contribution in [2.75, 3.05) is 14.1 Å². The molecular weight excluding hydrogens is 364 g/mol. The molecular formula is C23H30N4O2. The molecule has 1 aromatic carbocycles. The predicted molar refractivity (Wildman–Crippen MR) is 116 cm³/mol. The van der Waals surface area contributed by atoms with Gasteiger partial charge in [-0.25, -0.2) is 0 Å². The molecule has 2 N–H and O–H groups in total. The second kappa shape index (κ2) is 9.98. The summed E-state index contributed by atoms with van der Waals surface area (Å²) in [6, 6.07) is 16.4. The number of hydrogen-bond donors (Lipinski definition) is 2. The van der Waals surface area contributed by atoms with Crippen molar-refractivity contribution < 1.29 is 8.83 Å². The van der Waals surface area contributed by atoms with Crippen LogP contribution in [0.4, 0.5) is 0 Å². The summed E-state index contributed by atoms with van der Waals surface area (Å²) in [5, 5.41) is 6.79. The Labute approximate surface area is 172 Å². The molecule has 3 aromatic rings. The van der Waals surface area contributed by atoms with Gasteiger partial charge in [0.1, 0.15) is 17.3 Å². The number of benzene rings is 1. The van der Waals surface area contributed by atoms with E-state index in [1.165, 1.54) is 11.1 Å². The number of hydrogen-bond acceptors (Lipinski definition) is 4. The van der Waals surface area contributed by atoms with Crippen LogP contribution in [0.25, 0.3) is 0 Å². The molecule has 0 aliphatic heterocycles. The molecule has 6 nitrogen and oxygen atoms in total. The van der Waals surface area contributed by atoms with Gasteiger partial charge in [0.25, 0.3) is 0 Å². The molecule has 0 saturated carbocycles. The molecule has 0 bridgehead atoms. The molecule has 0 fully saturated rings. The number of nitrogens with one attached hydrogen (secondary N) is 2. The van der Waals surface area contributed by atoms with E-state index >= 15 is 0 Å². The number of rotatable bonds is 8. The second-order valence-corrected chi connectivity index (χ2v) is 7.26. The van der Waals surface area contributed by atoms with Crippen LogP contribution < -0.4 is 10.6 Å². The summed E-state index contributed by atoms with van der Waals surface area (Å²) in [6.45, 7) is 6.31. The summed E-state index contributed by atoms with van der Waals surface area (Å²) in [5.74, 6) is 3.51. The lowest BCUT2D eigenvalue weighted by Gasteiger charge is -2.20. The molecule has 154 valence electrons. The Kier molecular flexibility index (Phi) is 7.14. The zero-order chi connectivity index (χ0) is 20.6. The third-order valence-electron chi connectivity index (χ3n) is 4.78. The van der Waals surface area contributed by atoms with E-state index in [0.717, 1.165) is 36.3 Å². The van der Waals surface area contributed by atoms with Gasteiger partial charge in [-0.2, -0.15) is 0 Å². The molecule has 0 aliphatic carbocycles. The van der Waals surface area contributed by atoms with Crippen LogP contribution in [0, 0.1) is 6.92 Å². The molecule has 0 saturated heterocycles. The highest BCUT2D eigenvalue weighted by Crippen LogP contribution is 2.16. The van der Waals surface area contributed by atoms with Crippen molar-refractivity contribution in [1.29, 1.82) is 0 Å². The first-order valence-electron chi connectivity index (χ1n) is 9.86. The minimum absolute atomic E-state index is 0.0320. The van der Waals surface area contributed by atoms with E-state index in [2.05, 4.69) is 58.8 Å². The van der Waals surface area contributed by atoms with Crippen molar-refractivity contribution in [3.63, 3.8) is 0 Å². The summed E-state index contributed by atoms with van der Waals surface area (Å²) in [5.41, 5.74) is 2.52. The number of guanidine groups is 1. The Morgan fingerprint density at radius 1 is 1.07 bits per heavy atom. The van der Waals surface area contributed by atoms with Crippen molar-refractivity contribution in [3.05, 3.63) is 83.2 Å². The highest BCUT2D eigenvalue weighted by atomic mass is 16.3. The van der Waals surface area contributed by atoms with Crippen LogP contribution >= 0.6 is 0 Å². The second-order valence-electron chi connectivity index (χ2n) is 7.26. The molecule has 0 amide bonds.